The summed E-state index contributed by atoms with van der Waals surface area (Å²) in [6.07, 6.45) is 13.5. The molecule has 2 aromatic rings. The van der Waals surface area contributed by atoms with Crippen molar-refractivity contribution in [1.82, 2.24) is 4.72 Å². The Labute approximate surface area is 302 Å². The number of nitrogens with zero attached hydrogens (tertiary/aromatic N) is 1. The summed E-state index contributed by atoms with van der Waals surface area (Å²) in [5.74, 6) is 0.753. The molecule has 2 aromatic carbocycles. The van der Waals surface area contributed by atoms with Gasteiger partial charge in [-0.15, -0.1) is 0 Å². The number of sulfonamides is 1. The maximum Gasteiger partial charge on any atom is 0.264 e. The van der Waals surface area contributed by atoms with Gasteiger partial charge in [0, 0.05) is 35.7 Å². The number of carbonyl (C=O) groups is 1. The van der Waals surface area contributed by atoms with Crippen LogP contribution in [-0.2, 0) is 36.1 Å². The monoisotopic (exact) mass is 726 g/mol. The van der Waals surface area contributed by atoms with Crippen LogP contribution in [0.2, 0.25) is 5.02 Å². The second-order valence-corrected chi connectivity index (χ2v) is 17.2. The highest BCUT2D eigenvalue weighted by Crippen LogP contribution is 2.47. The number of benzene rings is 2. The van der Waals surface area contributed by atoms with Crippen LogP contribution >= 0.6 is 11.6 Å². The van der Waals surface area contributed by atoms with Gasteiger partial charge in [0.15, 0.2) is 6.29 Å². The first-order chi connectivity index (χ1) is 24.2. The molecule has 1 amide bonds. The van der Waals surface area contributed by atoms with Gasteiger partial charge < -0.3 is 23.8 Å². The van der Waals surface area contributed by atoms with E-state index in [1.807, 2.05) is 25.1 Å². The van der Waals surface area contributed by atoms with E-state index in [1.165, 1.54) is 11.1 Å². The molecule has 1 spiro atoms. The fourth-order valence-electron chi connectivity index (χ4n) is 8.68. The van der Waals surface area contributed by atoms with E-state index in [-0.39, 0.29) is 17.8 Å². The van der Waals surface area contributed by atoms with Gasteiger partial charge in [-0.2, -0.15) is 0 Å². The number of nitrogens with one attached hydrogen (secondary N) is 1. The zero-order valence-electron chi connectivity index (χ0n) is 29.1. The number of halogens is 1. The van der Waals surface area contributed by atoms with Crippen LogP contribution in [0.3, 0.4) is 0 Å². The molecule has 3 heterocycles. The average molecular weight is 727 g/mol. The smallest absolute Gasteiger partial charge is 0.264 e. The molecule has 3 aliphatic heterocycles. The zero-order valence-corrected chi connectivity index (χ0v) is 30.7. The van der Waals surface area contributed by atoms with Crippen LogP contribution in [0.15, 0.2) is 48.6 Å². The van der Waals surface area contributed by atoms with Crippen molar-refractivity contribution in [2.24, 2.45) is 11.8 Å². The van der Waals surface area contributed by atoms with Crippen LogP contribution in [0.1, 0.15) is 92.6 Å². The van der Waals surface area contributed by atoms with Crippen LogP contribution in [0.25, 0.3) is 0 Å². The summed E-state index contributed by atoms with van der Waals surface area (Å²) in [6, 6.07) is 11.6. The number of fused-ring (bicyclic) bond motifs is 4. The van der Waals surface area contributed by atoms with E-state index in [0.29, 0.717) is 62.2 Å². The highest BCUT2D eigenvalue weighted by molar-refractivity contribution is 7.90. The molecule has 2 aliphatic carbocycles. The van der Waals surface area contributed by atoms with Gasteiger partial charge >= 0.3 is 0 Å². The lowest BCUT2D eigenvalue weighted by molar-refractivity contribution is -0.172. The Kier molecular flexibility index (Phi) is 11.1. The number of ether oxygens (including phenoxy) is 4. The topological polar surface area (TPSA) is 103 Å². The first-order valence-corrected chi connectivity index (χ1v) is 20.6. The third-order valence-electron chi connectivity index (χ3n) is 11.6. The summed E-state index contributed by atoms with van der Waals surface area (Å²) >= 11 is 6.46. The highest BCUT2D eigenvalue weighted by atomic mass is 35.5. The molecule has 1 saturated carbocycles. The third kappa shape index (κ3) is 7.75. The molecule has 6 atom stereocenters. The van der Waals surface area contributed by atoms with Crippen molar-refractivity contribution >= 4 is 33.2 Å². The number of carbonyl (C=O) groups excluding carboxylic acids is 1. The van der Waals surface area contributed by atoms with Gasteiger partial charge in [-0.3, -0.25) is 4.79 Å². The fraction of sp³-hybridized carbons (Fsp3) is 0.615. The molecular formula is C39H51ClN2O7S. The number of aryl methyl sites for hydroxylation is 1. The van der Waals surface area contributed by atoms with E-state index in [1.54, 1.807) is 6.07 Å². The standard InChI is InChI=1S/C39H51ClN2O7S/c1-2-31-9-3-4-10-35(46-20-21-48-37-11-5-6-19-47-37)32-15-12-29(32)24-42-25-39(18-7-8-27-22-30(40)14-16-33(27)39)26-49-36-17-13-28(23-34(36)42)38(43)41-50(31,44)45/h4,10,13-14,16-17,22-23,29,31-32,35,37H,2-3,5-9,11-12,15,18-21,24-26H2,1H3,(H,41,43)/b10-4+/t29-,31+,32+,35-,37+,39-/m0/s1. The van der Waals surface area contributed by atoms with Crippen molar-refractivity contribution in [1.29, 1.82) is 0 Å². The van der Waals surface area contributed by atoms with Crippen molar-refractivity contribution in [2.45, 2.75) is 101 Å². The highest BCUT2D eigenvalue weighted by Gasteiger charge is 2.44. The Hall–Kier alpha value is -2.63. The molecule has 272 valence electrons. The molecule has 5 aliphatic rings. The van der Waals surface area contributed by atoms with Gasteiger partial charge in [0.25, 0.3) is 5.91 Å². The molecule has 0 radical (unpaired) electrons. The second kappa shape index (κ2) is 15.5. The Morgan fingerprint density at radius 2 is 1.92 bits per heavy atom. The molecule has 1 saturated heterocycles. The molecule has 0 aromatic heterocycles. The largest absolute Gasteiger partial charge is 0.490 e. The van der Waals surface area contributed by atoms with Crippen molar-refractivity contribution in [3.8, 4) is 5.75 Å². The van der Waals surface area contributed by atoms with Gasteiger partial charge in [0.2, 0.25) is 10.0 Å². The van der Waals surface area contributed by atoms with Crippen LogP contribution in [0, 0.1) is 11.8 Å². The maximum absolute atomic E-state index is 13.5. The molecule has 1 N–H and O–H groups in total. The minimum absolute atomic E-state index is 0.116. The number of rotatable bonds is 6. The Balaban J connectivity index is 1.20. The number of amides is 1. The fourth-order valence-corrected chi connectivity index (χ4v) is 10.3. The summed E-state index contributed by atoms with van der Waals surface area (Å²) in [5, 5.41) is 0.0525. The molecule has 0 unspecified atom stereocenters. The molecule has 2 fully saturated rings. The second-order valence-electron chi connectivity index (χ2n) is 14.8. The first kappa shape index (κ1) is 35.8. The number of allylic oxidation sites excluding steroid dienone is 1. The molecule has 7 rings (SSSR count). The SMILES string of the molecule is CC[C@@H]1CC/C=C/[C@H](OCCO[C@@H]2CCCCO2)[C@@H]2CC[C@H]2CN2C[C@@]3(CCCc4cc(Cl)ccc43)COc3ccc(cc32)C(=O)NS1(=O)=O. The summed E-state index contributed by atoms with van der Waals surface area (Å²) in [7, 11) is -3.90. The number of anilines is 1. The van der Waals surface area contributed by atoms with Crippen LogP contribution in [-0.4, -0.2) is 71.5 Å². The van der Waals surface area contributed by atoms with E-state index >= 15 is 0 Å². The first-order valence-electron chi connectivity index (χ1n) is 18.6. The summed E-state index contributed by atoms with van der Waals surface area (Å²) in [5.41, 5.74) is 3.42. The Morgan fingerprint density at radius 3 is 2.72 bits per heavy atom. The molecule has 11 heteroatoms. The Bertz CT molecular complexity index is 1660. The zero-order chi connectivity index (χ0) is 34.7. The predicted octanol–water partition coefficient (Wildman–Crippen LogP) is 6.96. The van der Waals surface area contributed by atoms with E-state index in [9.17, 15) is 13.2 Å². The molecular weight excluding hydrogens is 676 g/mol. The van der Waals surface area contributed by atoms with E-state index < -0.39 is 21.2 Å². The van der Waals surface area contributed by atoms with Gasteiger partial charge in [0.1, 0.15) is 5.75 Å². The van der Waals surface area contributed by atoms with Crippen molar-refractivity contribution in [2.75, 3.05) is 44.4 Å². The summed E-state index contributed by atoms with van der Waals surface area (Å²) in [6.45, 7) is 5.52. The predicted molar refractivity (Wildman–Crippen MR) is 195 cm³/mol. The lowest BCUT2D eigenvalue weighted by Gasteiger charge is -2.46. The molecule has 50 heavy (non-hydrogen) atoms. The molecule has 2 bridgehead atoms. The van der Waals surface area contributed by atoms with Crippen molar-refractivity contribution < 1.29 is 32.2 Å². The minimum atomic E-state index is -3.90. The third-order valence-corrected chi connectivity index (χ3v) is 13.7. The van der Waals surface area contributed by atoms with E-state index in [4.69, 9.17) is 30.5 Å². The van der Waals surface area contributed by atoms with Crippen molar-refractivity contribution in [3.63, 3.8) is 0 Å². The van der Waals surface area contributed by atoms with Gasteiger partial charge in [0.05, 0.1) is 36.9 Å². The quantitative estimate of drug-likeness (QED) is 0.252. The minimum Gasteiger partial charge on any atom is -0.490 e. The number of hydrogen-bond donors (Lipinski definition) is 1. The van der Waals surface area contributed by atoms with E-state index in [0.717, 1.165) is 81.8 Å². The van der Waals surface area contributed by atoms with Crippen LogP contribution in [0.4, 0.5) is 5.69 Å². The van der Waals surface area contributed by atoms with Gasteiger partial charge in [-0.05, 0) is 124 Å². The van der Waals surface area contributed by atoms with Gasteiger partial charge in [-0.1, -0.05) is 36.7 Å². The Morgan fingerprint density at radius 1 is 1.04 bits per heavy atom. The number of hydrogen-bond acceptors (Lipinski definition) is 8. The van der Waals surface area contributed by atoms with Crippen LogP contribution < -0.4 is 14.4 Å². The van der Waals surface area contributed by atoms with E-state index in [2.05, 4.69) is 33.9 Å². The average Bonchev–Trinajstić information content (AvgIpc) is 3.24. The maximum atomic E-state index is 13.5. The molecule has 9 nitrogen and oxygen atoms in total. The lowest BCUT2D eigenvalue weighted by atomic mass is 9.68. The van der Waals surface area contributed by atoms with Crippen molar-refractivity contribution in [3.05, 3.63) is 70.3 Å². The summed E-state index contributed by atoms with van der Waals surface area (Å²) < 4.78 is 54.2. The lowest BCUT2D eigenvalue weighted by Crippen LogP contribution is -2.49. The normalized spacial score (nSPS) is 31.7. The summed E-state index contributed by atoms with van der Waals surface area (Å²) in [4.78, 5) is 15.9. The van der Waals surface area contributed by atoms with Crippen LogP contribution in [0.5, 0.6) is 5.75 Å². The van der Waals surface area contributed by atoms with Gasteiger partial charge in [-0.25, -0.2) is 13.1 Å².